The number of nitrogens with one attached hydrogen (secondary N) is 1. The Morgan fingerprint density at radius 3 is 2.62 bits per heavy atom. The fourth-order valence-corrected chi connectivity index (χ4v) is 0.835. The second kappa shape index (κ2) is 2.17. The molecule has 0 aromatic heterocycles. The van der Waals surface area contributed by atoms with Crippen molar-refractivity contribution >= 4 is 0 Å². The Hall–Kier alpha value is -0.520. The van der Waals surface area contributed by atoms with Gasteiger partial charge in [-0.3, -0.25) is 0 Å². The molecule has 2 heteroatoms. The monoisotopic (exact) mass is 111 g/mol. The van der Waals surface area contributed by atoms with Crippen molar-refractivity contribution in [2.24, 2.45) is 5.92 Å². The minimum atomic E-state index is -0.319. The summed E-state index contributed by atoms with van der Waals surface area (Å²) in [4.78, 5) is 0. The molecule has 1 fully saturated rings. The van der Waals surface area contributed by atoms with Gasteiger partial charge in [-0.2, -0.15) is 0 Å². The van der Waals surface area contributed by atoms with Gasteiger partial charge < -0.3 is 10.4 Å². The van der Waals surface area contributed by atoms with Crippen LogP contribution in [0, 0.1) is 18.3 Å². The van der Waals surface area contributed by atoms with Gasteiger partial charge in [0.15, 0.2) is 0 Å². The largest absolute Gasteiger partial charge is 0.390 e. The van der Waals surface area contributed by atoms with Gasteiger partial charge >= 0.3 is 0 Å². The van der Waals surface area contributed by atoms with Crippen LogP contribution in [0.15, 0.2) is 0 Å². The van der Waals surface area contributed by atoms with E-state index in [0.717, 1.165) is 6.54 Å². The van der Waals surface area contributed by atoms with Crippen LogP contribution in [-0.2, 0) is 0 Å². The van der Waals surface area contributed by atoms with Crippen LogP contribution in [-0.4, -0.2) is 24.3 Å². The Balaban J connectivity index is 2.45. The molecule has 0 amide bonds. The molecule has 44 valence electrons. The van der Waals surface area contributed by atoms with E-state index in [2.05, 4.69) is 11.2 Å². The highest BCUT2D eigenvalue weighted by Gasteiger charge is 2.21. The molecule has 2 nitrogen and oxygen atoms in total. The Labute approximate surface area is 48.9 Å². The number of rotatable bonds is 0. The van der Waals surface area contributed by atoms with Gasteiger partial charge in [0.05, 0.1) is 12.0 Å². The van der Waals surface area contributed by atoms with Crippen LogP contribution >= 0.6 is 0 Å². The Morgan fingerprint density at radius 2 is 2.38 bits per heavy atom. The fraction of sp³-hybridized carbons (Fsp3) is 0.667. The third-order valence-corrected chi connectivity index (χ3v) is 1.40. The van der Waals surface area contributed by atoms with E-state index in [0.29, 0.717) is 6.54 Å². The first-order valence-corrected chi connectivity index (χ1v) is 2.69. The van der Waals surface area contributed by atoms with Gasteiger partial charge in [0.1, 0.15) is 0 Å². The van der Waals surface area contributed by atoms with E-state index in [1.807, 2.05) is 0 Å². The summed E-state index contributed by atoms with van der Waals surface area (Å²) in [6.07, 6.45) is 4.75. The highest BCUT2D eigenvalue weighted by atomic mass is 16.3. The van der Waals surface area contributed by atoms with Crippen molar-refractivity contribution in [2.45, 2.75) is 6.10 Å². The molecule has 1 aliphatic rings. The summed E-state index contributed by atoms with van der Waals surface area (Å²) in [5.74, 6) is 2.54. The third kappa shape index (κ3) is 0.835. The van der Waals surface area contributed by atoms with Gasteiger partial charge in [0.25, 0.3) is 0 Å². The van der Waals surface area contributed by atoms with E-state index in [1.54, 1.807) is 0 Å². The number of aliphatic hydroxyl groups is 1. The van der Waals surface area contributed by atoms with E-state index in [-0.39, 0.29) is 12.0 Å². The standard InChI is InChI=1S/C6H9NO/c1-2-5-3-7-4-6(5)8/h1,5-8H,3-4H2. The molecule has 2 unspecified atom stereocenters. The minimum absolute atomic E-state index is 0.0370. The lowest BCUT2D eigenvalue weighted by Crippen LogP contribution is -2.15. The maximum Gasteiger partial charge on any atom is 0.0814 e. The van der Waals surface area contributed by atoms with Crippen LogP contribution in [0.5, 0.6) is 0 Å². The lowest BCUT2D eigenvalue weighted by atomic mass is 10.1. The summed E-state index contributed by atoms with van der Waals surface area (Å²) in [5, 5.41) is 12.0. The number of hydrogen-bond acceptors (Lipinski definition) is 2. The second-order valence-electron chi connectivity index (χ2n) is 2.00. The minimum Gasteiger partial charge on any atom is -0.390 e. The average molecular weight is 111 g/mol. The molecule has 0 bridgehead atoms. The smallest absolute Gasteiger partial charge is 0.0814 e. The zero-order valence-corrected chi connectivity index (χ0v) is 4.59. The number of terminal acetylenes is 1. The summed E-state index contributed by atoms with van der Waals surface area (Å²) >= 11 is 0. The molecular formula is C6H9NO. The van der Waals surface area contributed by atoms with Crippen LogP contribution < -0.4 is 5.32 Å². The van der Waals surface area contributed by atoms with Crippen LogP contribution in [0.1, 0.15) is 0 Å². The van der Waals surface area contributed by atoms with Gasteiger partial charge in [-0.25, -0.2) is 0 Å². The summed E-state index contributed by atoms with van der Waals surface area (Å²) < 4.78 is 0. The van der Waals surface area contributed by atoms with E-state index in [9.17, 15) is 0 Å². The van der Waals surface area contributed by atoms with Crippen LogP contribution in [0.4, 0.5) is 0 Å². The van der Waals surface area contributed by atoms with Gasteiger partial charge in [0, 0.05) is 13.1 Å². The first-order chi connectivity index (χ1) is 3.84. The van der Waals surface area contributed by atoms with Crippen molar-refractivity contribution in [1.82, 2.24) is 5.32 Å². The zero-order valence-electron chi connectivity index (χ0n) is 4.59. The predicted octanol–water partition coefficient (Wildman–Crippen LogP) is -0.800. The molecule has 2 atom stereocenters. The van der Waals surface area contributed by atoms with Crippen molar-refractivity contribution in [2.75, 3.05) is 13.1 Å². The van der Waals surface area contributed by atoms with Gasteiger partial charge in [-0.15, -0.1) is 6.42 Å². The number of hydrogen-bond donors (Lipinski definition) is 2. The molecular weight excluding hydrogens is 102 g/mol. The van der Waals surface area contributed by atoms with Gasteiger partial charge in [-0.05, 0) is 0 Å². The first-order valence-electron chi connectivity index (χ1n) is 2.69. The van der Waals surface area contributed by atoms with E-state index in [4.69, 9.17) is 11.5 Å². The molecule has 1 rings (SSSR count). The molecule has 0 spiro atoms. The van der Waals surface area contributed by atoms with Gasteiger partial charge in [-0.1, -0.05) is 5.92 Å². The molecule has 1 heterocycles. The van der Waals surface area contributed by atoms with Crippen molar-refractivity contribution in [3.63, 3.8) is 0 Å². The van der Waals surface area contributed by atoms with E-state index < -0.39 is 0 Å². The normalized spacial score (nSPS) is 37.0. The Morgan fingerprint density at radius 1 is 1.62 bits per heavy atom. The molecule has 0 aliphatic carbocycles. The lowest BCUT2D eigenvalue weighted by Gasteiger charge is -2.02. The number of aliphatic hydroxyl groups excluding tert-OH is 1. The predicted molar refractivity (Wildman–Crippen MR) is 31.2 cm³/mol. The van der Waals surface area contributed by atoms with Crippen LogP contribution in [0.2, 0.25) is 0 Å². The molecule has 8 heavy (non-hydrogen) atoms. The molecule has 1 saturated heterocycles. The summed E-state index contributed by atoms with van der Waals surface area (Å²) in [6.45, 7) is 1.41. The van der Waals surface area contributed by atoms with E-state index in [1.165, 1.54) is 0 Å². The Kier molecular flexibility index (Phi) is 1.52. The maximum absolute atomic E-state index is 8.98. The molecule has 0 saturated carbocycles. The highest BCUT2D eigenvalue weighted by molar-refractivity contribution is 5.01. The van der Waals surface area contributed by atoms with Gasteiger partial charge in [0.2, 0.25) is 0 Å². The highest BCUT2D eigenvalue weighted by Crippen LogP contribution is 2.05. The topological polar surface area (TPSA) is 32.3 Å². The summed E-state index contributed by atoms with van der Waals surface area (Å²) in [5.41, 5.74) is 0. The SMILES string of the molecule is C#CC1CNCC1O. The quantitative estimate of drug-likeness (QED) is 0.401. The zero-order chi connectivity index (χ0) is 5.98. The lowest BCUT2D eigenvalue weighted by molar-refractivity contribution is 0.171. The first kappa shape index (κ1) is 5.61. The van der Waals surface area contributed by atoms with Crippen molar-refractivity contribution < 1.29 is 5.11 Å². The molecule has 0 aromatic rings. The Bertz CT molecular complexity index is 116. The molecule has 0 aromatic carbocycles. The number of β-amino-alcohol motifs (C(OH)–C–C–N with tert-alkyl or cyclic N) is 1. The maximum atomic E-state index is 8.98. The third-order valence-electron chi connectivity index (χ3n) is 1.40. The van der Waals surface area contributed by atoms with E-state index >= 15 is 0 Å². The average Bonchev–Trinajstić information content (AvgIpc) is 2.14. The van der Waals surface area contributed by atoms with Crippen LogP contribution in [0.25, 0.3) is 0 Å². The van der Waals surface area contributed by atoms with Crippen molar-refractivity contribution in [1.29, 1.82) is 0 Å². The summed E-state index contributed by atoms with van der Waals surface area (Å²) in [6, 6.07) is 0. The molecule has 2 N–H and O–H groups in total. The van der Waals surface area contributed by atoms with Crippen LogP contribution in [0.3, 0.4) is 0 Å². The molecule has 1 aliphatic heterocycles. The fourth-order valence-electron chi connectivity index (χ4n) is 0.835. The van der Waals surface area contributed by atoms with Crippen molar-refractivity contribution in [3.05, 3.63) is 0 Å². The second-order valence-corrected chi connectivity index (χ2v) is 2.00. The molecule has 0 radical (unpaired) electrons. The summed E-state index contributed by atoms with van der Waals surface area (Å²) in [7, 11) is 0. The van der Waals surface area contributed by atoms with Crippen molar-refractivity contribution in [3.8, 4) is 12.3 Å².